The van der Waals surface area contributed by atoms with Crippen molar-refractivity contribution < 1.29 is 39.6 Å². The van der Waals surface area contributed by atoms with Crippen LogP contribution in [0.5, 0.6) is 0 Å². The van der Waals surface area contributed by atoms with Crippen molar-refractivity contribution in [2.75, 3.05) is 12.9 Å². The van der Waals surface area contributed by atoms with Crippen LogP contribution in [0.3, 0.4) is 0 Å². The van der Waals surface area contributed by atoms with Gasteiger partial charge in [0.1, 0.15) is 0 Å². The predicted molar refractivity (Wildman–Crippen MR) is 363 cm³/mol. The number of rotatable bonds is 22. The van der Waals surface area contributed by atoms with E-state index in [1.165, 1.54) is 29.9 Å². The van der Waals surface area contributed by atoms with Gasteiger partial charge in [0, 0.05) is 47.4 Å². The van der Waals surface area contributed by atoms with Crippen molar-refractivity contribution in [2.45, 2.75) is 80.8 Å². The number of sulfonamides is 3. The molecule has 0 aliphatic rings. The van der Waals surface area contributed by atoms with Crippen LogP contribution in [0, 0.1) is 0 Å². The van der Waals surface area contributed by atoms with E-state index < -0.39 is 30.1 Å². The Morgan fingerprint density at radius 1 is 0.413 bits per heavy atom. The van der Waals surface area contributed by atoms with Crippen LogP contribution in [0.15, 0.2) is 276 Å². The van der Waals surface area contributed by atoms with Crippen LogP contribution in [0.25, 0.3) is 0 Å². The van der Waals surface area contributed by atoms with E-state index in [-0.39, 0.29) is 64.3 Å². The fourth-order valence-electron chi connectivity index (χ4n) is 9.34. The third kappa shape index (κ3) is 18.4. The van der Waals surface area contributed by atoms with Crippen molar-refractivity contribution in [3.8, 4) is 0 Å². The molecule has 10 aromatic rings. The minimum Gasteiger partial charge on any atom is -0.350 e. The van der Waals surface area contributed by atoms with Gasteiger partial charge in [-0.25, -0.2) is 16.8 Å². The summed E-state index contributed by atoms with van der Waals surface area (Å²) in [5.74, 6) is -0.771. The summed E-state index contributed by atoms with van der Waals surface area (Å²) in [6.07, 6.45) is 1.43. The number of benzene rings is 9. The van der Waals surface area contributed by atoms with Crippen molar-refractivity contribution in [1.29, 1.82) is 0 Å². The molecule has 92 heavy (non-hydrogen) atoms. The number of nitrogens with one attached hydrogen (secondary N) is 3. The fraction of sp³-hybridized carbons (Fsp3) is 0.155. The maximum atomic E-state index is 13.6. The zero-order valence-corrected chi connectivity index (χ0v) is 54.5. The highest BCUT2D eigenvalue weighted by Crippen LogP contribution is 2.31. The number of anilines is 3. The summed E-state index contributed by atoms with van der Waals surface area (Å²) in [5.41, 5.74) is 5.86. The van der Waals surface area contributed by atoms with E-state index in [9.17, 15) is 39.6 Å². The van der Waals surface area contributed by atoms with Crippen molar-refractivity contribution in [3.63, 3.8) is 0 Å². The summed E-state index contributed by atoms with van der Waals surface area (Å²) < 4.78 is 86.2. The molecule has 0 spiro atoms. The number of halogens is 1. The van der Waals surface area contributed by atoms with Crippen LogP contribution < -0.4 is 28.9 Å². The van der Waals surface area contributed by atoms with Gasteiger partial charge in [-0.2, -0.15) is 13.5 Å². The molecule has 0 radical (unpaired) electrons. The second-order valence-corrected chi connectivity index (χ2v) is 27.6. The van der Waals surface area contributed by atoms with Crippen molar-refractivity contribution in [3.05, 3.63) is 305 Å². The maximum absolute atomic E-state index is 13.6. The Morgan fingerprint density at radius 2 is 0.750 bits per heavy atom. The number of carbonyl (C=O) groups excluding carboxylic acids is 3. The van der Waals surface area contributed by atoms with Crippen LogP contribution >= 0.6 is 11.6 Å². The van der Waals surface area contributed by atoms with E-state index in [1.807, 2.05) is 119 Å². The third-order valence-corrected chi connectivity index (χ3v) is 19.6. The summed E-state index contributed by atoms with van der Waals surface area (Å²) in [4.78, 5) is 38.1. The topological polar surface area (TPSA) is 217 Å². The average Bonchev–Trinajstić information content (AvgIpc) is 1.51. The van der Waals surface area contributed by atoms with E-state index >= 15 is 0 Å². The molecule has 1 aromatic heterocycles. The molecule has 0 fully saturated rings. The van der Waals surface area contributed by atoms with Gasteiger partial charge in [0.2, 0.25) is 0 Å². The SMILES string of the molecule is CC(C)NC(=O)c1cccc(N(Cc2ccc(Cl)cc2)S(=O)(=O)c2ccnn2C)c1.CC(C)NC(=O)c1cccc(N(Cc2ccccc2)S(=O)(=O)c2ccccc2)c1.O=C(NCc1ccccc1)c1cccc(N(Cc2ccccc2)S(=O)(=O)c2ccccc2)c1. The number of carbonyl (C=O) groups is 3. The summed E-state index contributed by atoms with van der Waals surface area (Å²) in [6, 6.07) is 73.3. The van der Waals surface area contributed by atoms with Crippen molar-refractivity contribution in [2.24, 2.45) is 7.05 Å². The van der Waals surface area contributed by atoms with Gasteiger partial charge < -0.3 is 16.0 Å². The number of aryl methyl sites for hydroxylation is 1. The molecule has 0 bridgehead atoms. The zero-order valence-electron chi connectivity index (χ0n) is 51.3. The minimum atomic E-state index is -3.95. The molecule has 10 rings (SSSR count). The summed E-state index contributed by atoms with van der Waals surface area (Å²) in [6.45, 7) is 8.25. The van der Waals surface area contributed by atoms with Gasteiger partial charge in [0.05, 0.1) is 52.7 Å². The lowest BCUT2D eigenvalue weighted by Crippen LogP contribution is -2.33. The van der Waals surface area contributed by atoms with Gasteiger partial charge in [0.15, 0.2) is 5.03 Å². The zero-order chi connectivity index (χ0) is 65.8. The molecule has 0 saturated heterocycles. The first-order valence-electron chi connectivity index (χ1n) is 29.3. The smallest absolute Gasteiger partial charge is 0.281 e. The Balaban J connectivity index is 0.000000178. The molecule has 3 amide bonds. The monoisotopic (exact) mass is 1310 g/mol. The van der Waals surface area contributed by atoms with E-state index in [1.54, 1.807) is 165 Å². The Hall–Kier alpha value is -9.86. The maximum Gasteiger partial charge on any atom is 0.281 e. The largest absolute Gasteiger partial charge is 0.350 e. The van der Waals surface area contributed by atoms with Gasteiger partial charge in [-0.05, 0) is 147 Å². The number of nitrogens with zero attached hydrogens (tertiary/aromatic N) is 5. The van der Waals surface area contributed by atoms with Gasteiger partial charge >= 0.3 is 0 Å². The van der Waals surface area contributed by atoms with E-state index in [0.29, 0.717) is 45.3 Å². The second kappa shape index (κ2) is 31.7. The molecule has 0 aliphatic carbocycles. The highest BCUT2D eigenvalue weighted by Gasteiger charge is 2.30. The first-order chi connectivity index (χ1) is 44.1. The molecule has 3 N–H and O–H groups in total. The highest BCUT2D eigenvalue weighted by molar-refractivity contribution is 7.93. The van der Waals surface area contributed by atoms with E-state index in [4.69, 9.17) is 11.6 Å². The molecule has 474 valence electrons. The molecule has 21 heteroatoms. The van der Waals surface area contributed by atoms with E-state index in [0.717, 1.165) is 22.3 Å². The standard InChI is InChI=1S/C27H24N2O3S.C23H24N2O3S.C21H23ClN4O3S/c30-27(28-20-22-11-4-1-5-12-22)24-15-10-16-25(19-24)29(21-23-13-6-2-7-14-23)33(31,32)26-17-8-3-9-18-26;1-18(2)24-23(26)20-12-9-13-21(16-20)25(17-19-10-5-3-6-11-19)29(27,28)22-14-7-4-8-15-22;1-15(2)24-21(27)17-5-4-6-19(13-17)26(14-16-7-9-18(22)10-8-16)30(28,29)20-11-12-23-25(20)3/h1-19H,20-21H2,(H,28,30);3-16,18H,17H2,1-2H3,(H,24,26);4-13,15H,14H2,1-3H3,(H,24,27). The number of hydrogen-bond donors (Lipinski definition) is 3. The highest BCUT2D eigenvalue weighted by atomic mass is 35.5. The summed E-state index contributed by atoms with van der Waals surface area (Å²) in [7, 11) is -10.0. The first kappa shape index (κ1) is 68.1. The van der Waals surface area contributed by atoms with Crippen LogP contribution in [-0.2, 0) is 63.3 Å². The predicted octanol–water partition coefficient (Wildman–Crippen LogP) is 12.8. The normalized spacial score (nSPS) is 11.3. The quantitative estimate of drug-likeness (QED) is 0.0583. The summed E-state index contributed by atoms with van der Waals surface area (Å²) in [5, 5.41) is 13.2. The number of aromatic nitrogens is 2. The van der Waals surface area contributed by atoms with Crippen LogP contribution in [0.1, 0.15) is 81.0 Å². The molecule has 1 heterocycles. The Labute approximate surface area is 544 Å². The van der Waals surface area contributed by atoms with Gasteiger partial charge in [0.25, 0.3) is 47.8 Å². The molecule has 0 aliphatic heterocycles. The number of amides is 3. The second-order valence-electron chi connectivity index (χ2n) is 21.6. The van der Waals surface area contributed by atoms with Gasteiger partial charge in [-0.3, -0.25) is 32.0 Å². The first-order valence-corrected chi connectivity index (χ1v) is 34.0. The van der Waals surface area contributed by atoms with Crippen molar-refractivity contribution >= 4 is 76.5 Å². The van der Waals surface area contributed by atoms with Gasteiger partial charge in [-0.1, -0.05) is 169 Å². The lowest BCUT2D eigenvalue weighted by atomic mass is 10.1. The lowest BCUT2D eigenvalue weighted by Gasteiger charge is -2.25. The van der Waals surface area contributed by atoms with Crippen molar-refractivity contribution in [1.82, 2.24) is 25.7 Å². The van der Waals surface area contributed by atoms with Gasteiger partial charge in [-0.15, -0.1) is 0 Å². The minimum absolute atomic E-state index is 0.0142. The Bertz CT molecular complexity index is 4420. The van der Waals surface area contributed by atoms with Crippen LogP contribution in [-0.4, -0.2) is 64.8 Å². The average molecular weight is 1310 g/mol. The molecular formula is C71H71ClN8O9S3. The summed E-state index contributed by atoms with van der Waals surface area (Å²) >= 11 is 5.97. The van der Waals surface area contributed by atoms with Crippen LogP contribution in [0.4, 0.5) is 17.1 Å². The van der Waals surface area contributed by atoms with E-state index in [2.05, 4.69) is 21.0 Å². The lowest BCUT2D eigenvalue weighted by molar-refractivity contribution is 0.0934. The molecule has 0 saturated carbocycles. The molecule has 0 unspecified atom stereocenters. The Kier molecular flexibility index (Phi) is 23.5. The molecular weight excluding hydrogens is 1240 g/mol. The van der Waals surface area contributed by atoms with Crippen LogP contribution in [0.2, 0.25) is 5.02 Å². The number of hydrogen-bond acceptors (Lipinski definition) is 10. The third-order valence-electron chi connectivity index (χ3n) is 13.9. The molecule has 0 atom stereocenters. The molecule has 17 nitrogen and oxygen atoms in total. The Morgan fingerprint density at radius 3 is 1.11 bits per heavy atom. The molecule has 9 aromatic carbocycles. The fourth-order valence-corrected chi connectivity index (χ4v) is 14.0.